The third-order valence-electron chi connectivity index (χ3n) is 2.24. The summed E-state index contributed by atoms with van der Waals surface area (Å²) in [5.74, 6) is -0.467. The molecule has 18 heavy (non-hydrogen) atoms. The molecule has 0 N–H and O–H groups in total. The number of hydrogen-bond donors (Lipinski definition) is 0. The maximum atomic E-state index is 10.3. The van der Waals surface area contributed by atoms with Gasteiger partial charge in [0.1, 0.15) is 12.2 Å². The molecule has 0 rings (SSSR count). The number of ether oxygens (including phenoxy) is 1. The lowest BCUT2D eigenvalue weighted by Crippen LogP contribution is -2.38. The van der Waals surface area contributed by atoms with Gasteiger partial charge in [0.05, 0.1) is 6.61 Å². The first kappa shape index (κ1) is 15.9. The van der Waals surface area contributed by atoms with Crippen LogP contribution >= 0.6 is 0 Å². The number of nitrogens with zero attached hydrogens (tertiary/aromatic N) is 2. The average molecular weight is 266 g/mol. The topological polar surface area (TPSA) is 131 Å². The minimum atomic E-state index is -1.12. The van der Waals surface area contributed by atoms with Gasteiger partial charge < -0.3 is 14.4 Å². The second-order valence-corrected chi connectivity index (χ2v) is 3.56. The van der Waals surface area contributed by atoms with E-state index < -0.39 is 28.3 Å². The van der Waals surface area contributed by atoms with E-state index in [0.29, 0.717) is 0 Å². The van der Waals surface area contributed by atoms with Crippen molar-refractivity contribution in [2.24, 2.45) is 5.92 Å². The Hall–Kier alpha value is -2.13. The van der Waals surface area contributed by atoms with Crippen molar-refractivity contribution >= 4 is 6.47 Å². The van der Waals surface area contributed by atoms with Crippen molar-refractivity contribution in [1.82, 2.24) is 0 Å². The van der Waals surface area contributed by atoms with Crippen LogP contribution in [0.1, 0.15) is 20.3 Å². The molecule has 0 radical (unpaired) electrons. The van der Waals surface area contributed by atoms with Crippen molar-refractivity contribution in [3.05, 3.63) is 20.2 Å². The third-order valence-corrected chi connectivity index (χ3v) is 2.24. The fourth-order valence-electron chi connectivity index (χ4n) is 1.41. The van der Waals surface area contributed by atoms with E-state index in [1.807, 2.05) is 0 Å². The SMILES string of the molecule is CC(CCOC=O)C(O[N+](=O)[O-])C(C)O[N+](=O)[O-]. The molecule has 0 heterocycles. The summed E-state index contributed by atoms with van der Waals surface area (Å²) in [5, 5.41) is 18.4. The Morgan fingerprint density at radius 1 is 1.17 bits per heavy atom. The van der Waals surface area contributed by atoms with Gasteiger partial charge in [0.15, 0.2) is 0 Å². The van der Waals surface area contributed by atoms with Crippen LogP contribution in [0, 0.1) is 26.1 Å². The van der Waals surface area contributed by atoms with Crippen molar-refractivity contribution in [2.45, 2.75) is 32.5 Å². The summed E-state index contributed by atoms with van der Waals surface area (Å²) in [5.41, 5.74) is 0. The fraction of sp³-hybridized carbons (Fsp3) is 0.875. The van der Waals surface area contributed by atoms with E-state index in [-0.39, 0.29) is 19.5 Å². The Morgan fingerprint density at radius 3 is 2.17 bits per heavy atom. The molecular weight excluding hydrogens is 252 g/mol. The normalized spacial score (nSPS) is 15.0. The molecule has 3 atom stereocenters. The Balaban J connectivity index is 4.48. The molecule has 0 bridgehead atoms. The average Bonchev–Trinajstić information content (AvgIpc) is 2.24. The summed E-state index contributed by atoms with van der Waals surface area (Å²) >= 11 is 0. The zero-order valence-corrected chi connectivity index (χ0v) is 9.88. The molecule has 0 saturated heterocycles. The first-order chi connectivity index (χ1) is 8.38. The molecule has 0 amide bonds. The highest BCUT2D eigenvalue weighted by Crippen LogP contribution is 2.18. The highest BCUT2D eigenvalue weighted by molar-refractivity contribution is 5.36. The van der Waals surface area contributed by atoms with Crippen molar-refractivity contribution in [3.8, 4) is 0 Å². The predicted octanol–water partition coefficient (Wildman–Crippen LogP) is 0.359. The van der Waals surface area contributed by atoms with Crippen LogP contribution in [0.15, 0.2) is 0 Å². The molecule has 0 aromatic rings. The van der Waals surface area contributed by atoms with E-state index in [1.54, 1.807) is 6.92 Å². The second kappa shape index (κ2) is 8.03. The number of carbonyl (C=O) groups is 1. The van der Waals surface area contributed by atoms with Crippen LogP contribution in [0.25, 0.3) is 0 Å². The Kier molecular flexibility index (Phi) is 7.08. The van der Waals surface area contributed by atoms with Crippen LogP contribution < -0.4 is 0 Å². The highest BCUT2D eigenvalue weighted by Gasteiger charge is 2.30. The predicted molar refractivity (Wildman–Crippen MR) is 55.2 cm³/mol. The molecule has 0 aliphatic heterocycles. The summed E-state index contributed by atoms with van der Waals surface area (Å²) in [6.45, 7) is 3.14. The minimum absolute atomic E-state index is 0.0351. The van der Waals surface area contributed by atoms with Gasteiger partial charge in [0.25, 0.3) is 16.6 Å². The largest absolute Gasteiger partial charge is 0.468 e. The van der Waals surface area contributed by atoms with E-state index in [1.165, 1.54) is 6.92 Å². The lowest BCUT2D eigenvalue weighted by atomic mass is 9.97. The number of rotatable bonds is 10. The molecule has 104 valence electrons. The van der Waals surface area contributed by atoms with Crippen LogP contribution in [0.2, 0.25) is 0 Å². The first-order valence-corrected chi connectivity index (χ1v) is 5.06. The summed E-state index contributed by atoms with van der Waals surface area (Å²) in [7, 11) is 0. The van der Waals surface area contributed by atoms with Gasteiger partial charge in [0.2, 0.25) is 0 Å². The van der Waals surface area contributed by atoms with E-state index in [4.69, 9.17) is 0 Å². The Labute approximate surface area is 102 Å². The van der Waals surface area contributed by atoms with Gasteiger partial charge >= 0.3 is 0 Å². The van der Waals surface area contributed by atoms with Gasteiger partial charge in [-0.25, -0.2) is 0 Å². The molecule has 10 heteroatoms. The molecule has 10 nitrogen and oxygen atoms in total. The van der Waals surface area contributed by atoms with Gasteiger partial charge in [-0.1, -0.05) is 6.92 Å². The number of hydrogen-bond acceptors (Lipinski definition) is 8. The molecule has 0 aliphatic carbocycles. The monoisotopic (exact) mass is 266 g/mol. The van der Waals surface area contributed by atoms with Crippen LogP contribution in [-0.4, -0.2) is 35.5 Å². The van der Waals surface area contributed by atoms with Crippen molar-refractivity contribution < 1.29 is 29.4 Å². The molecule has 3 unspecified atom stereocenters. The quantitative estimate of drug-likeness (QED) is 0.239. The second-order valence-electron chi connectivity index (χ2n) is 3.56. The number of carbonyl (C=O) groups excluding carboxylic acids is 1. The Morgan fingerprint density at radius 2 is 1.72 bits per heavy atom. The maximum absolute atomic E-state index is 10.3. The van der Waals surface area contributed by atoms with Gasteiger partial charge in [0, 0.05) is 0 Å². The van der Waals surface area contributed by atoms with Crippen LogP contribution in [0.4, 0.5) is 0 Å². The van der Waals surface area contributed by atoms with Crippen LogP contribution in [0.3, 0.4) is 0 Å². The van der Waals surface area contributed by atoms with Gasteiger partial charge in [-0.2, -0.15) is 0 Å². The van der Waals surface area contributed by atoms with Gasteiger partial charge in [-0.15, -0.1) is 20.2 Å². The van der Waals surface area contributed by atoms with E-state index in [0.717, 1.165) is 0 Å². The summed E-state index contributed by atoms with van der Waals surface area (Å²) in [6.07, 6.45) is -1.99. The zero-order valence-electron chi connectivity index (χ0n) is 9.88. The summed E-state index contributed by atoms with van der Waals surface area (Å²) < 4.78 is 4.44. The van der Waals surface area contributed by atoms with Crippen LogP contribution in [-0.2, 0) is 19.2 Å². The van der Waals surface area contributed by atoms with E-state index >= 15 is 0 Å². The molecule has 0 aromatic heterocycles. The molecule has 0 aliphatic rings. The molecular formula is C8H14N2O8. The first-order valence-electron chi connectivity index (χ1n) is 5.06. The standard InChI is InChI=1S/C8H14N2O8/c1-6(3-4-16-5-11)8(18-10(14)15)7(2)17-9(12)13/h5-8H,3-4H2,1-2H3. The van der Waals surface area contributed by atoms with Crippen molar-refractivity contribution in [1.29, 1.82) is 0 Å². The minimum Gasteiger partial charge on any atom is -0.468 e. The molecule has 0 fully saturated rings. The van der Waals surface area contributed by atoms with Crippen molar-refractivity contribution in [3.63, 3.8) is 0 Å². The highest BCUT2D eigenvalue weighted by atomic mass is 17.0. The van der Waals surface area contributed by atoms with Gasteiger partial charge in [-0.05, 0) is 19.3 Å². The molecule has 0 aromatic carbocycles. The Bertz CT molecular complexity index is 297. The van der Waals surface area contributed by atoms with Crippen LogP contribution in [0.5, 0.6) is 0 Å². The summed E-state index contributed by atoms with van der Waals surface area (Å²) in [4.78, 5) is 39.0. The third kappa shape index (κ3) is 6.45. The van der Waals surface area contributed by atoms with E-state index in [2.05, 4.69) is 14.4 Å². The van der Waals surface area contributed by atoms with Crippen molar-refractivity contribution in [2.75, 3.05) is 6.61 Å². The summed E-state index contributed by atoms with van der Waals surface area (Å²) in [6, 6.07) is 0. The smallest absolute Gasteiger partial charge is 0.294 e. The zero-order chi connectivity index (χ0) is 14.1. The van der Waals surface area contributed by atoms with E-state index in [9.17, 15) is 25.0 Å². The molecule has 0 spiro atoms. The maximum Gasteiger partial charge on any atom is 0.294 e. The lowest BCUT2D eigenvalue weighted by Gasteiger charge is -2.25. The fourth-order valence-corrected chi connectivity index (χ4v) is 1.41. The lowest BCUT2D eigenvalue weighted by molar-refractivity contribution is -0.799. The van der Waals surface area contributed by atoms with Gasteiger partial charge in [-0.3, -0.25) is 4.79 Å². The molecule has 0 saturated carbocycles.